The first-order valence-electron chi connectivity index (χ1n) is 9.17. The molecule has 3 heterocycles. The van der Waals surface area contributed by atoms with Gasteiger partial charge in [0.15, 0.2) is 0 Å². The first kappa shape index (κ1) is 17.1. The van der Waals surface area contributed by atoms with E-state index in [1.54, 1.807) is 12.0 Å². The van der Waals surface area contributed by atoms with Crippen LogP contribution in [0.4, 0.5) is 10.5 Å². The minimum Gasteiger partial charge on any atom is -0.497 e. The lowest BCUT2D eigenvalue weighted by Gasteiger charge is -2.35. The van der Waals surface area contributed by atoms with Crippen LogP contribution in [0.15, 0.2) is 18.2 Å². The number of cyclic esters (lactones) is 1. The third-order valence-electron chi connectivity index (χ3n) is 5.48. The van der Waals surface area contributed by atoms with Crippen molar-refractivity contribution in [2.45, 2.75) is 31.8 Å². The molecule has 7 heteroatoms. The molecule has 2 fully saturated rings. The molecule has 0 saturated carbocycles. The number of carbonyl (C=O) groups excluding carboxylic acids is 2. The van der Waals surface area contributed by atoms with Gasteiger partial charge in [0, 0.05) is 32.2 Å². The maximum absolute atomic E-state index is 13.1. The second-order valence-electron chi connectivity index (χ2n) is 7.03. The van der Waals surface area contributed by atoms with E-state index < -0.39 is 0 Å². The van der Waals surface area contributed by atoms with Crippen molar-refractivity contribution in [3.8, 4) is 5.75 Å². The molecule has 1 aromatic carbocycles. The van der Waals surface area contributed by atoms with Gasteiger partial charge in [-0.05, 0) is 43.0 Å². The molecule has 7 nitrogen and oxygen atoms in total. The number of nitrogens with zero attached hydrogens (tertiary/aromatic N) is 2. The largest absolute Gasteiger partial charge is 0.497 e. The van der Waals surface area contributed by atoms with Crippen LogP contribution in [0.25, 0.3) is 0 Å². The maximum Gasteiger partial charge on any atom is 0.414 e. The summed E-state index contributed by atoms with van der Waals surface area (Å²) in [4.78, 5) is 28.9. The van der Waals surface area contributed by atoms with E-state index in [1.807, 2.05) is 23.1 Å². The van der Waals surface area contributed by atoms with Crippen LogP contribution in [-0.4, -0.2) is 56.4 Å². The van der Waals surface area contributed by atoms with E-state index in [1.165, 1.54) is 0 Å². The first-order valence-corrected chi connectivity index (χ1v) is 9.17. The zero-order valence-electron chi connectivity index (χ0n) is 15.0. The highest BCUT2D eigenvalue weighted by Crippen LogP contribution is 2.34. The summed E-state index contributed by atoms with van der Waals surface area (Å²) in [5, 5.41) is 0. The van der Waals surface area contributed by atoms with Crippen LogP contribution in [0.1, 0.15) is 24.8 Å². The van der Waals surface area contributed by atoms with Gasteiger partial charge in [-0.15, -0.1) is 0 Å². The zero-order chi connectivity index (χ0) is 18.1. The van der Waals surface area contributed by atoms with E-state index in [4.69, 9.17) is 14.2 Å². The number of ether oxygens (including phenoxy) is 3. The Kier molecular flexibility index (Phi) is 4.72. The second-order valence-corrected chi connectivity index (χ2v) is 7.03. The van der Waals surface area contributed by atoms with Gasteiger partial charge in [-0.2, -0.15) is 0 Å². The highest BCUT2D eigenvalue weighted by atomic mass is 16.6. The third kappa shape index (κ3) is 3.11. The lowest BCUT2D eigenvalue weighted by atomic mass is 9.97. The number of benzene rings is 1. The van der Waals surface area contributed by atoms with Gasteiger partial charge in [-0.3, -0.25) is 9.69 Å². The number of rotatable bonds is 2. The Balaban J connectivity index is 1.65. The Morgan fingerprint density at radius 3 is 2.81 bits per heavy atom. The summed E-state index contributed by atoms with van der Waals surface area (Å²) in [5.74, 6) is 0.919. The molecule has 3 aliphatic rings. The quantitative estimate of drug-likeness (QED) is 0.809. The fraction of sp³-hybridized carbons (Fsp3) is 0.579. The van der Waals surface area contributed by atoms with E-state index in [2.05, 4.69) is 0 Å². The van der Waals surface area contributed by atoms with Crippen LogP contribution < -0.4 is 9.64 Å². The molecule has 1 atom stereocenters. The van der Waals surface area contributed by atoms with Crippen LogP contribution in [-0.2, 0) is 20.8 Å². The Morgan fingerprint density at radius 1 is 1.23 bits per heavy atom. The Labute approximate surface area is 152 Å². The van der Waals surface area contributed by atoms with Gasteiger partial charge in [0.25, 0.3) is 0 Å². The van der Waals surface area contributed by atoms with Gasteiger partial charge in [-0.25, -0.2) is 4.79 Å². The molecule has 26 heavy (non-hydrogen) atoms. The first-order chi connectivity index (χ1) is 12.7. The van der Waals surface area contributed by atoms with Crippen LogP contribution in [0.5, 0.6) is 5.75 Å². The molecule has 0 aliphatic carbocycles. The summed E-state index contributed by atoms with van der Waals surface area (Å²) < 4.78 is 16.0. The maximum atomic E-state index is 13.1. The predicted octanol–water partition coefficient (Wildman–Crippen LogP) is 2.18. The molecule has 0 spiro atoms. The molecular weight excluding hydrogens is 336 g/mol. The van der Waals surface area contributed by atoms with Crippen molar-refractivity contribution in [1.29, 1.82) is 0 Å². The number of carbonyl (C=O) groups is 2. The van der Waals surface area contributed by atoms with Gasteiger partial charge in [0.1, 0.15) is 12.4 Å². The van der Waals surface area contributed by atoms with Gasteiger partial charge in [0.2, 0.25) is 5.91 Å². The van der Waals surface area contributed by atoms with Gasteiger partial charge in [0.05, 0.1) is 18.8 Å². The molecule has 0 N–H and O–H groups in total. The zero-order valence-corrected chi connectivity index (χ0v) is 15.0. The standard InChI is InChI=1S/C19H24N2O5/c1-24-16-2-3-17-14(10-16)11-20(18(22)13-5-8-25-9-6-13)7-4-15-12-26-19(23)21(15)17/h2-3,10,13,15H,4-9,11-12H2,1H3/t15-/m0/s1. The fourth-order valence-electron chi connectivity index (χ4n) is 4.00. The predicted molar refractivity (Wildman–Crippen MR) is 94.2 cm³/mol. The molecule has 0 radical (unpaired) electrons. The number of amides is 2. The van der Waals surface area contributed by atoms with Crippen LogP contribution in [0.2, 0.25) is 0 Å². The fourth-order valence-corrected chi connectivity index (χ4v) is 4.00. The summed E-state index contributed by atoms with van der Waals surface area (Å²) in [7, 11) is 1.61. The van der Waals surface area contributed by atoms with Crippen molar-refractivity contribution in [3.63, 3.8) is 0 Å². The highest BCUT2D eigenvalue weighted by molar-refractivity contribution is 5.91. The monoisotopic (exact) mass is 360 g/mol. The summed E-state index contributed by atoms with van der Waals surface area (Å²) in [6.45, 7) is 2.74. The molecule has 2 saturated heterocycles. The topological polar surface area (TPSA) is 68.3 Å². The molecule has 0 unspecified atom stereocenters. The van der Waals surface area contributed by atoms with Crippen molar-refractivity contribution in [3.05, 3.63) is 23.8 Å². The second kappa shape index (κ2) is 7.15. The van der Waals surface area contributed by atoms with E-state index in [9.17, 15) is 9.59 Å². The molecule has 0 aromatic heterocycles. The van der Waals surface area contributed by atoms with E-state index >= 15 is 0 Å². The van der Waals surface area contributed by atoms with Gasteiger partial charge in [-0.1, -0.05) is 0 Å². The van der Waals surface area contributed by atoms with Crippen LogP contribution in [0.3, 0.4) is 0 Å². The SMILES string of the molecule is COc1ccc2c(c1)CN(C(=O)C1CCOCC1)CC[C@H]1COC(=O)N21. The van der Waals surface area contributed by atoms with Gasteiger partial charge < -0.3 is 19.1 Å². The minimum absolute atomic E-state index is 0.0230. The number of hydrogen-bond acceptors (Lipinski definition) is 5. The van der Waals surface area contributed by atoms with Crippen molar-refractivity contribution in [2.24, 2.45) is 5.92 Å². The molecular formula is C19H24N2O5. The van der Waals surface area contributed by atoms with E-state index in [-0.39, 0.29) is 24.0 Å². The van der Waals surface area contributed by atoms with Crippen molar-refractivity contribution in [2.75, 3.05) is 38.4 Å². The molecule has 140 valence electrons. The van der Waals surface area contributed by atoms with Crippen molar-refractivity contribution >= 4 is 17.7 Å². The van der Waals surface area contributed by atoms with E-state index in [0.717, 1.165) is 24.1 Å². The highest BCUT2D eigenvalue weighted by Gasteiger charge is 2.38. The van der Waals surface area contributed by atoms with Crippen LogP contribution in [0, 0.1) is 5.92 Å². The summed E-state index contributed by atoms with van der Waals surface area (Å²) in [6, 6.07) is 5.59. The van der Waals surface area contributed by atoms with Gasteiger partial charge >= 0.3 is 6.09 Å². The normalized spacial score (nSPS) is 23.6. The van der Waals surface area contributed by atoms with Crippen molar-refractivity contribution < 1.29 is 23.8 Å². The summed E-state index contributed by atoms with van der Waals surface area (Å²) in [5.41, 5.74) is 1.72. The number of anilines is 1. The molecule has 0 bridgehead atoms. The molecule has 3 aliphatic heterocycles. The smallest absolute Gasteiger partial charge is 0.414 e. The lowest BCUT2D eigenvalue weighted by molar-refractivity contribution is -0.139. The average molecular weight is 360 g/mol. The number of hydrogen-bond donors (Lipinski definition) is 0. The molecule has 1 aromatic rings. The van der Waals surface area contributed by atoms with Crippen LogP contribution >= 0.6 is 0 Å². The molecule has 4 rings (SSSR count). The average Bonchev–Trinajstić information content (AvgIpc) is 3.03. The van der Waals surface area contributed by atoms with E-state index in [0.29, 0.717) is 45.1 Å². The number of fused-ring (bicyclic) bond motifs is 3. The summed E-state index contributed by atoms with van der Waals surface area (Å²) >= 11 is 0. The minimum atomic E-state index is -0.314. The Bertz CT molecular complexity index is 701. The van der Waals surface area contributed by atoms with Crippen molar-refractivity contribution in [1.82, 2.24) is 4.90 Å². The Hall–Kier alpha value is -2.28. The lowest BCUT2D eigenvalue weighted by Crippen LogP contribution is -2.44. The Morgan fingerprint density at radius 2 is 2.04 bits per heavy atom. The molecule has 2 amide bonds. The third-order valence-corrected chi connectivity index (χ3v) is 5.48. The number of methoxy groups -OCH3 is 1. The summed E-state index contributed by atoms with van der Waals surface area (Å²) in [6.07, 6.45) is 1.95.